The van der Waals surface area contributed by atoms with E-state index < -0.39 is 6.04 Å². The predicted molar refractivity (Wildman–Crippen MR) is 291 cm³/mol. The van der Waals surface area contributed by atoms with Gasteiger partial charge in [0.15, 0.2) is 11.9 Å². The summed E-state index contributed by atoms with van der Waals surface area (Å²) in [5.74, 6) is 0.836. The van der Waals surface area contributed by atoms with E-state index in [1.165, 1.54) is 0 Å². The van der Waals surface area contributed by atoms with Crippen LogP contribution in [-0.2, 0) is 31.9 Å². The minimum Gasteiger partial charge on any atom is -1.00 e. The van der Waals surface area contributed by atoms with Gasteiger partial charge in [0.05, 0.1) is 18.4 Å². The van der Waals surface area contributed by atoms with Crippen LogP contribution < -0.4 is 27.6 Å². The zero-order chi connectivity index (χ0) is 49.3. The number of hydrogen-bond donors (Lipinski definition) is 2. The second kappa shape index (κ2) is 28.5. The van der Waals surface area contributed by atoms with Gasteiger partial charge >= 0.3 is 11.9 Å². The molecule has 6 aliphatic heterocycles. The Morgan fingerprint density at radius 2 is 0.918 bits per heavy atom. The standard InChI is InChI=1S/C30H33N2O3.C22H26N2O2.C8H7BrO.CH4.BrH/c33-28(24-12-6-2-7-13-24)21-32-18-16-25(17-19-32)29(22-32)35-30(34)27(20-23-10-4-1-5-11-23)31-26-14-8-3-9-15-26;25-22(26-21-16-24-13-11-18(21)12-14-24)20(15-17-7-3-1-4-8-17)23-19-9-5-2-6-10-19;9-6-8(10)7-4-2-1-3-5-7;;/h1-15,25,27,29,31H,16-22H2;1-10,18,20-21,23H,11-16H2;1-5H,6H2;1H4;1H/q+1;;;;/p-1/t25?,27-,29+,32?;20-,21+;;;/m11.../s1. The fourth-order valence-corrected chi connectivity index (χ4v) is 10.7. The van der Waals surface area contributed by atoms with Crippen LogP contribution in [0.1, 0.15) is 65.0 Å². The summed E-state index contributed by atoms with van der Waals surface area (Å²) in [6.45, 7) is 6.33. The first kappa shape index (κ1) is 56.4. The van der Waals surface area contributed by atoms with Gasteiger partial charge in [0.25, 0.3) is 0 Å². The van der Waals surface area contributed by atoms with Crippen molar-refractivity contribution in [3.63, 3.8) is 0 Å². The zero-order valence-corrected chi connectivity index (χ0v) is 44.0. The highest BCUT2D eigenvalue weighted by atomic mass is 79.9. The third-order valence-electron chi connectivity index (χ3n) is 14.3. The van der Waals surface area contributed by atoms with Gasteiger partial charge in [-0.15, -0.1) is 0 Å². The van der Waals surface area contributed by atoms with Crippen molar-refractivity contribution in [1.82, 2.24) is 4.90 Å². The maximum Gasteiger partial charge on any atom is 0.329 e. The Morgan fingerprint density at radius 1 is 0.534 bits per heavy atom. The monoisotopic (exact) mass is 1110 g/mol. The normalized spacial score (nSPS) is 21.8. The zero-order valence-electron chi connectivity index (χ0n) is 40.8. The highest BCUT2D eigenvalue weighted by Crippen LogP contribution is 2.36. The Hall–Kier alpha value is -5.92. The van der Waals surface area contributed by atoms with Crippen molar-refractivity contribution in [3.05, 3.63) is 204 Å². The van der Waals surface area contributed by atoms with E-state index in [2.05, 4.69) is 43.6 Å². The Bertz CT molecular complexity index is 2500. The number of para-hydroxylation sites is 2. The summed E-state index contributed by atoms with van der Waals surface area (Å²) in [4.78, 5) is 52.9. The molecule has 0 unspecified atom stereocenters. The number of ketones is 2. The number of alkyl halides is 1. The number of nitrogens with one attached hydrogen (secondary N) is 2. The number of Topliss-reactive ketones (excluding diaryl/α,β-unsaturated/α-hetero) is 2. The molecule has 6 aromatic carbocycles. The number of anilines is 2. The van der Waals surface area contributed by atoms with Crippen molar-refractivity contribution in [3.8, 4) is 0 Å². The molecule has 10 nitrogen and oxygen atoms in total. The first-order chi connectivity index (χ1) is 34.7. The molecule has 6 saturated heterocycles. The van der Waals surface area contributed by atoms with Crippen LogP contribution in [0, 0.1) is 11.8 Å². The van der Waals surface area contributed by atoms with Gasteiger partial charge < -0.3 is 41.6 Å². The average Bonchev–Trinajstić information content (AvgIpc) is 3.43. The summed E-state index contributed by atoms with van der Waals surface area (Å²) in [6.07, 6.45) is 5.35. The third-order valence-corrected chi connectivity index (χ3v) is 14.8. The van der Waals surface area contributed by atoms with Gasteiger partial charge in [0.1, 0.15) is 31.3 Å². The van der Waals surface area contributed by atoms with E-state index in [1.54, 1.807) is 0 Å². The van der Waals surface area contributed by atoms with E-state index in [1.807, 2.05) is 170 Å². The van der Waals surface area contributed by atoms with Gasteiger partial charge in [-0.1, -0.05) is 181 Å². The average molecular weight is 1120 g/mol. The van der Waals surface area contributed by atoms with Crippen LogP contribution in [0.3, 0.4) is 0 Å². The number of hydrogen-bond acceptors (Lipinski definition) is 9. The number of rotatable bonds is 17. The van der Waals surface area contributed by atoms with E-state index in [0.29, 0.717) is 36.6 Å². The second-order valence-corrected chi connectivity index (χ2v) is 19.8. The van der Waals surface area contributed by atoms with Gasteiger partial charge in [-0.2, -0.15) is 0 Å². The molecule has 12 rings (SSSR count). The number of carbonyl (C=O) groups excluding carboxylic acids is 4. The van der Waals surface area contributed by atoms with Crippen LogP contribution in [0.25, 0.3) is 0 Å². The number of fused-ring (bicyclic) bond motifs is 6. The van der Waals surface area contributed by atoms with E-state index in [-0.39, 0.29) is 66.2 Å². The molecule has 73 heavy (non-hydrogen) atoms. The lowest BCUT2D eigenvalue weighted by atomic mass is 9.82. The number of esters is 2. The molecule has 2 N–H and O–H groups in total. The quantitative estimate of drug-likeness (QED) is 0.0406. The molecule has 12 heteroatoms. The molecule has 0 saturated carbocycles. The highest BCUT2D eigenvalue weighted by molar-refractivity contribution is 9.09. The van der Waals surface area contributed by atoms with Crippen LogP contribution in [0.4, 0.5) is 11.4 Å². The van der Waals surface area contributed by atoms with E-state index in [0.717, 1.165) is 103 Å². The summed E-state index contributed by atoms with van der Waals surface area (Å²) in [7, 11) is 0. The summed E-state index contributed by atoms with van der Waals surface area (Å²) < 4.78 is 12.9. The van der Waals surface area contributed by atoms with Crippen LogP contribution >= 0.6 is 15.9 Å². The molecule has 384 valence electrons. The van der Waals surface area contributed by atoms with Gasteiger partial charge in [-0.25, -0.2) is 9.59 Å². The number of carbonyl (C=O) groups is 4. The molecule has 6 aliphatic rings. The lowest BCUT2D eigenvalue weighted by Crippen LogP contribution is -3.00. The maximum absolute atomic E-state index is 13.5. The van der Waals surface area contributed by atoms with E-state index >= 15 is 0 Å². The van der Waals surface area contributed by atoms with Crippen molar-refractivity contribution >= 4 is 50.8 Å². The smallest absolute Gasteiger partial charge is 0.329 e. The molecule has 6 aromatic rings. The van der Waals surface area contributed by atoms with Crippen molar-refractivity contribution < 1.29 is 50.1 Å². The van der Waals surface area contributed by atoms with Crippen LogP contribution in [0.15, 0.2) is 182 Å². The van der Waals surface area contributed by atoms with Gasteiger partial charge in [0, 0.05) is 60.6 Å². The molecule has 4 atom stereocenters. The SMILES string of the molecule is C.O=C(CBr)c1ccccc1.O=C(C[N+]12CCC(CC1)[C@@H](OC(=O)[C@@H](Cc1ccccc1)Nc1ccccc1)C2)c1ccccc1.O=C(O[C@H]1CN2CCC1CC2)[C@@H](Cc1ccccc1)Nc1ccccc1.[Br-]. The molecular weight excluding hydrogens is 1040 g/mol. The first-order valence-corrected chi connectivity index (χ1v) is 26.3. The number of ether oxygens (including phenoxy) is 2. The molecular formula is C61H70Br2N4O6. The van der Waals surface area contributed by atoms with Crippen LogP contribution in [0.5, 0.6) is 0 Å². The predicted octanol–water partition coefficient (Wildman–Crippen LogP) is 8.00. The largest absolute Gasteiger partial charge is 1.00 e. The van der Waals surface area contributed by atoms with Crippen molar-refractivity contribution in [2.24, 2.45) is 11.8 Å². The topological polar surface area (TPSA) is 114 Å². The number of quaternary nitrogens is 1. The summed E-state index contributed by atoms with van der Waals surface area (Å²) >= 11 is 3.10. The van der Waals surface area contributed by atoms with Gasteiger partial charge in [-0.05, 0) is 67.2 Å². The Morgan fingerprint density at radius 3 is 1.33 bits per heavy atom. The number of piperidine rings is 6. The van der Waals surface area contributed by atoms with E-state index in [4.69, 9.17) is 9.47 Å². The lowest BCUT2D eigenvalue weighted by molar-refractivity contribution is -0.938. The lowest BCUT2D eigenvalue weighted by Gasteiger charge is -2.51. The van der Waals surface area contributed by atoms with Crippen molar-refractivity contribution in [2.75, 3.05) is 61.8 Å². The highest BCUT2D eigenvalue weighted by Gasteiger charge is 2.49. The van der Waals surface area contributed by atoms with E-state index in [9.17, 15) is 19.2 Å². The Kier molecular flexibility index (Phi) is 22.0. The molecule has 0 spiro atoms. The van der Waals surface area contributed by atoms with Gasteiger partial charge in [0.2, 0.25) is 5.78 Å². The number of benzene rings is 6. The Balaban J connectivity index is 0.000000201. The molecule has 6 fully saturated rings. The van der Waals surface area contributed by atoms with Crippen molar-refractivity contribution in [1.29, 1.82) is 0 Å². The minimum atomic E-state index is -0.477. The third kappa shape index (κ3) is 16.5. The summed E-state index contributed by atoms with van der Waals surface area (Å²) in [5.41, 5.74) is 5.58. The molecule has 4 bridgehead atoms. The van der Waals surface area contributed by atoms with Crippen molar-refractivity contribution in [2.45, 2.75) is 70.2 Å². The second-order valence-electron chi connectivity index (χ2n) is 19.3. The molecule has 6 heterocycles. The minimum absolute atomic E-state index is 0. The Labute approximate surface area is 451 Å². The molecule has 0 aliphatic carbocycles. The van der Waals surface area contributed by atoms with Gasteiger partial charge in [-0.3, -0.25) is 14.5 Å². The summed E-state index contributed by atoms with van der Waals surface area (Å²) in [6, 6.07) is 57.8. The number of halogens is 2. The molecule has 0 radical (unpaired) electrons. The summed E-state index contributed by atoms with van der Waals surface area (Å²) in [5, 5.41) is 7.16. The van der Waals surface area contributed by atoms with Crippen LogP contribution in [0.2, 0.25) is 0 Å². The van der Waals surface area contributed by atoms with Crippen LogP contribution in [-0.4, -0.2) is 108 Å². The molecule has 0 amide bonds. The molecule has 0 aromatic heterocycles. The number of nitrogens with zero attached hydrogens (tertiary/aromatic N) is 2. The fourth-order valence-electron chi connectivity index (χ4n) is 10.4. The first-order valence-electron chi connectivity index (χ1n) is 25.1. The maximum atomic E-state index is 13.5. The fraction of sp³-hybridized carbons (Fsp3) is 0.344.